The summed E-state index contributed by atoms with van der Waals surface area (Å²) in [5.74, 6) is 4.70. The fourth-order valence-corrected chi connectivity index (χ4v) is 6.35. The predicted octanol–water partition coefficient (Wildman–Crippen LogP) is 11.2. The van der Waals surface area contributed by atoms with Crippen molar-refractivity contribution in [2.75, 3.05) is 0 Å². The van der Waals surface area contributed by atoms with Crippen molar-refractivity contribution >= 4 is 38.3 Å². The van der Waals surface area contributed by atoms with Gasteiger partial charge in [0.2, 0.25) is 0 Å². The predicted molar refractivity (Wildman–Crippen MR) is 198 cm³/mol. The van der Waals surface area contributed by atoms with Gasteiger partial charge in [-0.05, 0) is 41.0 Å². The van der Waals surface area contributed by atoms with Crippen LogP contribution in [-0.4, -0.2) is 15.0 Å². The van der Waals surface area contributed by atoms with E-state index in [0.717, 1.165) is 71.7 Å². The number of terminal acetylenes is 1. The van der Waals surface area contributed by atoms with Gasteiger partial charge in [0, 0.05) is 38.6 Å². The van der Waals surface area contributed by atoms with Gasteiger partial charge in [0.15, 0.2) is 17.5 Å². The second-order valence-corrected chi connectivity index (χ2v) is 11.5. The number of benzene rings is 6. The molecule has 0 aliphatic heterocycles. The number of hydrogen-bond donors (Lipinski definition) is 0. The molecule has 2 heterocycles. The summed E-state index contributed by atoms with van der Waals surface area (Å²) < 4.78 is 6.71. The molecule has 0 atom stereocenters. The Labute approximate surface area is 278 Å². The standard InChI is InChI=1S/C44H29N3O/c1-3-5-16-29(4-2)32-27-28-35(34-22-13-12-21-33(32)34)36-23-14-24-37-40-38(25-15-26-39(40)48-41(36)37)44-46-42(30-17-8-6-9-18-30)45-43(47-44)31-19-10-7-11-20-31/h2-3,5-28H,1H3/b5-3-,29-16+. The molecular weight excluding hydrogens is 587 g/mol. The van der Waals surface area contributed by atoms with Gasteiger partial charge in [0.25, 0.3) is 0 Å². The zero-order chi connectivity index (χ0) is 32.5. The van der Waals surface area contributed by atoms with Gasteiger partial charge >= 0.3 is 0 Å². The lowest BCUT2D eigenvalue weighted by atomic mass is 9.91. The quantitative estimate of drug-likeness (QED) is 0.138. The molecule has 0 fully saturated rings. The number of nitrogens with zero attached hydrogens (tertiary/aromatic N) is 3. The molecule has 0 spiro atoms. The van der Waals surface area contributed by atoms with Gasteiger partial charge in [-0.2, -0.15) is 0 Å². The molecular formula is C44H29N3O. The van der Waals surface area contributed by atoms with Crippen molar-refractivity contribution < 1.29 is 4.42 Å². The van der Waals surface area contributed by atoms with Crippen molar-refractivity contribution in [3.63, 3.8) is 0 Å². The highest BCUT2D eigenvalue weighted by atomic mass is 16.3. The number of furan rings is 1. The van der Waals surface area contributed by atoms with Crippen LogP contribution in [0.15, 0.2) is 156 Å². The van der Waals surface area contributed by atoms with Crippen LogP contribution in [0.1, 0.15) is 12.5 Å². The number of para-hydroxylation sites is 1. The Bertz CT molecular complexity index is 2510. The van der Waals surface area contributed by atoms with E-state index in [1.807, 2.05) is 97.9 Å². The van der Waals surface area contributed by atoms with Gasteiger partial charge in [0.1, 0.15) is 11.2 Å². The Morgan fingerprint density at radius 1 is 0.583 bits per heavy atom. The highest BCUT2D eigenvalue weighted by Gasteiger charge is 2.20. The summed E-state index contributed by atoms with van der Waals surface area (Å²) in [6.07, 6.45) is 11.9. The smallest absolute Gasteiger partial charge is 0.164 e. The molecule has 0 bridgehead atoms. The Morgan fingerprint density at radius 3 is 1.88 bits per heavy atom. The highest BCUT2D eigenvalue weighted by molar-refractivity contribution is 6.17. The minimum Gasteiger partial charge on any atom is -0.455 e. The molecule has 0 amide bonds. The fourth-order valence-electron chi connectivity index (χ4n) is 6.35. The number of fused-ring (bicyclic) bond motifs is 4. The Balaban J connectivity index is 1.35. The van der Waals surface area contributed by atoms with Crippen LogP contribution in [0.5, 0.6) is 0 Å². The average Bonchev–Trinajstić information content (AvgIpc) is 3.55. The van der Waals surface area contributed by atoms with Gasteiger partial charge in [-0.15, -0.1) is 6.42 Å². The summed E-state index contributed by atoms with van der Waals surface area (Å²) in [6, 6.07) is 45.1. The normalized spacial score (nSPS) is 11.9. The second-order valence-electron chi connectivity index (χ2n) is 11.5. The van der Waals surface area contributed by atoms with E-state index in [9.17, 15) is 0 Å². The number of allylic oxidation sites excluding steroid dienone is 4. The first kappa shape index (κ1) is 28.9. The Hall–Kier alpha value is -6.57. The molecule has 6 aromatic carbocycles. The molecule has 0 radical (unpaired) electrons. The summed E-state index contributed by atoms with van der Waals surface area (Å²) in [5, 5.41) is 4.14. The molecule has 8 rings (SSSR count). The molecule has 0 saturated heterocycles. The average molecular weight is 616 g/mol. The zero-order valence-corrected chi connectivity index (χ0v) is 26.3. The molecule has 48 heavy (non-hydrogen) atoms. The molecule has 0 aliphatic carbocycles. The number of hydrogen-bond acceptors (Lipinski definition) is 4. The third-order valence-corrected chi connectivity index (χ3v) is 8.58. The van der Waals surface area contributed by atoms with Gasteiger partial charge in [-0.1, -0.05) is 145 Å². The van der Waals surface area contributed by atoms with E-state index in [2.05, 4.69) is 66.6 Å². The monoisotopic (exact) mass is 615 g/mol. The van der Waals surface area contributed by atoms with Gasteiger partial charge in [-0.25, -0.2) is 15.0 Å². The first-order valence-electron chi connectivity index (χ1n) is 15.9. The largest absolute Gasteiger partial charge is 0.455 e. The van der Waals surface area contributed by atoms with E-state index >= 15 is 0 Å². The van der Waals surface area contributed by atoms with Crippen LogP contribution >= 0.6 is 0 Å². The van der Waals surface area contributed by atoms with Crippen molar-refractivity contribution in [2.24, 2.45) is 0 Å². The van der Waals surface area contributed by atoms with Crippen LogP contribution in [0.25, 0.3) is 83.6 Å². The summed E-state index contributed by atoms with van der Waals surface area (Å²) in [6.45, 7) is 1.98. The minimum atomic E-state index is 0.589. The molecule has 0 unspecified atom stereocenters. The summed E-state index contributed by atoms with van der Waals surface area (Å²) in [4.78, 5) is 14.9. The number of aromatic nitrogens is 3. The molecule has 2 aromatic heterocycles. The van der Waals surface area contributed by atoms with Gasteiger partial charge < -0.3 is 4.42 Å². The third kappa shape index (κ3) is 5.05. The van der Waals surface area contributed by atoms with Crippen molar-refractivity contribution in [2.45, 2.75) is 6.92 Å². The SMILES string of the molecule is C#C/C(=C\C=C/C)c1ccc(-c2cccc3c2oc2cccc(-c4nc(-c5ccccc5)nc(-c5ccccc5)n4)c23)c2ccccc12. The van der Waals surface area contributed by atoms with Crippen molar-refractivity contribution in [3.05, 3.63) is 157 Å². The molecule has 0 saturated carbocycles. The van der Waals surface area contributed by atoms with E-state index in [1.165, 1.54) is 0 Å². The Morgan fingerprint density at radius 2 is 1.19 bits per heavy atom. The van der Waals surface area contributed by atoms with E-state index in [0.29, 0.717) is 17.5 Å². The van der Waals surface area contributed by atoms with E-state index in [1.54, 1.807) is 0 Å². The minimum absolute atomic E-state index is 0.589. The van der Waals surface area contributed by atoms with Crippen LogP contribution < -0.4 is 0 Å². The Kier molecular flexibility index (Phi) is 7.41. The highest BCUT2D eigenvalue weighted by Crippen LogP contribution is 2.42. The van der Waals surface area contributed by atoms with Crippen molar-refractivity contribution in [3.8, 4) is 57.6 Å². The van der Waals surface area contributed by atoms with Crippen LogP contribution in [0.4, 0.5) is 0 Å². The third-order valence-electron chi connectivity index (χ3n) is 8.58. The van der Waals surface area contributed by atoms with E-state index in [4.69, 9.17) is 25.8 Å². The molecule has 0 N–H and O–H groups in total. The topological polar surface area (TPSA) is 51.8 Å². The van der Waals surface area contributed by atoms with Crippen LogP contribution in [0.2, 0.25) is 0 Å². The maximum absolute atomic E-state index is 6.71. The summed E-state index contributed by atoms with van der Waals surface area (Å²) in [7, 11) is 0. The zero-order valence-electron chi connectivity index (χ0n) is 26.3. The van der Waals surface area contributed by atoms with Crippen LogP contribution in [0.3, 0.4) is 0 Å². The first-order valence-corrected chi connectivity index (χ1v) is 15.9. The summed E-state index contributed by atoms with van der Waals surface area (Å²) in [5.41, 5.74) is 8.23. The second kappa shape index (κ2) is 12.3. The van der Waals surface area contributed by atoms with Gasteiger partial charge in [-0.3, -0.25) is 0 Å². The molecule has 4 heteroatoms. The molecule has 8 aromatic rings. The van der Waals surface area contributed by atoms with Crippen molar-refractivity contribution in [1.29, 1.82) is 0 Å². The molecule has 226 valence electrons. The first-order chi connectivity index (χ1) is 23.7. The molecule has 0 aliphatic rings. The lowest BCUT2D eigenvalue weighted by Crippen LogP contribution is -2.00. The maximum Gasteiger partial charge on any atom is 0.164 e. The maximum atomic E-state index is 6.71. The number of rotatable bonds is 6. The lowest BCUT2D eigenvalue weighted by molar-refractivity contribution is 0.670. The fraction of sp³-hybridized carbons (Fsp3) is 0.0227. The summed E-state index contributed by atoms with van der Waals surface area (Å²) >= 11 is 0. The van der Waals surface area contributed by atoms with Crippen molar-refractivity contribution in [1.82, 2.24) is 15.0 Å². The van der Waals surface area contributed by atoms with Crippen LogP contribution in [-0.2, 0) is 0 Å². The van der Waals surface area contributed by atoms with Gasteiger partial charge in [0.05, 0.1) is 0 Å². The lowest BCUT2D eigenvalue weighted by Gasteiger charge is -2.12. The van der Waals surface area contributed by atoms with E-state index < -0.39 is 0 Å². The molecule has 4 nitrogen and oxygen atoms in total. The van der Waals surface area contributed by atoms with E-state index in [-0.39, 0.29) is 0 Å². The van der Waals surface area contributed by atoms with Crippen LogP contribution in [0, 0.1) is 12.3 Å².